The van der Waals surface area contributed by atoms with Gasteiger partial charge in [-0.3, -0.25) is 9.59 Å². The molecule has 0 aliphatic carbocycles. The van der Waals surface area contributed by atoms with E-state index in [4.69, 9.17) is 5.11 Å². The maximum Gasteiger partial charge on any atom is 1.00 e. The van der Waals surface area contributed by atoms with Crippen molar-refractivity contribution in [1.29, 1.82) is 0 Å². The summed E-state index contributed by atoms with van der Waals surface area (Å²) in [5.74, 6) is -0.572. The number of unbranched alkanes of at least 4 members (excludes halogenated alkanes) is 8. The number of benzene rings is 1. The van der Waals surface area contributed by atoms with E-state index in [0.717, 1.165) is 32.1 Å². The Morgan fingerprint density at radius 1 is 0.778 bits per heavy atom. The van der Waals surface area contributed by atoms with Gasteiger partial charge in [0.25, 0.3) is 0 Å². The van der Waals surface area contributed by atoms with Gasteiger partial charge in [-0.25, -0.2) is 0 Å². The molecule has 0 saturated heterocycles. The Hall–Kier alpha value is -0.840. The molecule has 148 valence electrons. The van der Waals surface area contributed by atoms with E-state index >= 15 is 0 Å². The van der Waals surface area contributed by atoms with E-state index in [0.29, 0.717) is 18.4 Å². The van der Waals surface area contributed by atoms with Crippen LogP contribution in [0.3, 0.4) is 0 Å². The van der Waals surface area contributed by atoms with Gasteiger partial charge >= 0.3 is 35.5 Å². The minimum Gasteiger partial charge on any atom is -0.872 e. The topological polar surface area (TPSA) is 77.4 Å². The summed E-state index contributed by atoms with van der Waals surface area (Å²) in [4.78, 5) is 21.7. The van der Waals surface area contributed by atoms with Crippen LogP contribution in [-0.4, -0.2) is 16.9 Å². The normalized spacial score (nSPS) is 9.70. The number of carboxylic acids is 1. The summed E-state index contributed by atoms with van der Waals surface area (Å²) in [6.45, 7) is 4.31. The Labute approximate surface area is 187 Å². The zero-order chi connectivity index (χ0) is 19.6. The average Bonchev–Trinajstić information content (AvgIpc) is 2.62. The summed E-state index contributed by atoms with van der Waals surface area (Å²) in [7, 11) is 0. The molecule has 0 radical (unpaired) electrons. The zero-order valence-corrected chi connectivity index (χ0v) is 19.5. The van der Waals surface area contributed by atoms with Crippen molar-refractivity contribution in [3.63, 3.8) is 0 Å². The van der Waals surface area contributed by atoms with Gasteiger partial charge in [-0.05, 0) is 12.8 Å². The number of ketones is 1. The van der Waals surface area contributed by atoms with Crippen LogP contribution in [0.2, 0.25) is 0 Å². The number of Topliss-reactive ketones (excluding diaryl/α,β-unsaturated/α-hetero) is 1. The van der Waals surface area contributed by atoms with Crippen molar-refractivity contribution < 1.29 is 49.4 Å². The molecular weight excluding hydrogens is 351 g/mol. The Kier molecular flexibility index (Phi) is 20.9. The van der Waals surface area contributed by atoms with E-state index in [2.05, 4.69) is 13.8 Å². The molecular formula is C22H35NaO4. The van der Waals surface area contributed by atoms with Crippen LogP contribution in [-0.2, 0) is 4.79 Å². The van der Waals surface area contributed by atoms with Gasteiger partial charge in [0.05, 0.1) is 0 Å². The molecule has 1 rings (SSSR count). The van der Waals surface area contributed by atoms with E-state index in [1.807, 2.05) is 0 Å². The van der Waals surface area contributed by atoms with Crippen molar-refractivity contribution in [1.82, 2.24) is 0 Å². The fraction of sp³-hybridized carbons (Fsp3) is 0.636. The third kappa shape index (κ3) is 18.3. The van der Waals surface area contributed by atoms with Gasteiger partial charge in [0.1, 0.15) is 0 Å². The summed E-state index contributed by atoms with van der Waals surface area (Å²) in [5.41, 5.74) is 0.653. The third-order valence-electron chi connectivity index (χ3n) is 4.18. The monoisotopic (exact) mass is 386 g/mol. The predicted octanol–water partition coefficient (Wildman–Crippen LogP) is 2.74. The van der Waals surface area contributed by atoms with Crippen LogP contribution >= 0.6 is 0 Å². The number of aliphatic carboxylic acids is 1. The molecule has 5 heteroatoms. The first-order valence-corrected chi connectivity index (χ1v) is 10.0. The van der Waals surface area contributed by atoms with Crippen LogP contribution in [0.4, 0.5) is 0 Å². The van der Waals surface area contributed by atoms with Crippen LogP contribution in [0, 0.1) is 0 Å². The van der Waals surface area contributed by atoms with Crippen molar-refractivity contribution in [2.45, 2.75) is 90.9 Å². The zero-order valence-electron chi connectivity index (χ0n) is 17.5. The molecule has 1 aromatic carbocycles. The Balaban J connectivity index is 0. The third-order valence-corrected chi connectivity index (χ3v) is 4.18. The largest absolute Gasteiger partial charge is 1.00 e. The average molecular weight is 387 g/mol. The first kappa shape index (κ1) is 28.4. The molecule has 27 heavy (non-hydrogen) atoms. The smallest absolute Gasteiger partial charge is 0.872 e. The number of carboxylic acid groups (broad SMARTS) is 1. The molecule has 0 heterocycles. The number of hydrogen-bond donors (Lipinski definition) is 1. The number of rotatable bonds is 13. The Morgan fingerprint density at radius 3 is 1.74 bits per heavy atom. The molecule has 0 unspecified atom stereocenters. The second-order valence-corrected chi connectivity index (χ2v) is 6.67. The summed E-state index contributed by atoms with van der Waals surface area (Å²) in [6, 6.07) is 6.09. The molecule has 0 spiro atoms. The van der Waals surface area contributed by atoms with E-state index in [9.17, 15) is 14.7 Å². The van der Waals surface area contributed by atoms with Gasteiger partial charge < -0.3 is 10.2 Å². The quantitative estimate of drug-likeness (QED) is 0.321. The molecule has 0 aromatic heterocycles. The molecule has 0 saturated carbocycles. The molecule has 1 aromatic rings. The van der Waals surface area contributed by atoms with Crippen molar-refractivity contribution in [3.05, 3.63) is 29.8 Å². The minimum absolute atomic E-state index is 0. The maximum atomic E-state index is 11.5. The van der Waals surface area contributed by atoms with E-state index in [1.165, 1.54) is 44.2 Å². The molecule has 0 aliphatic heterocycles. The second kappa shape index (κ2) is 19.9. The molecule has 0 atom stereocenters. The van der Waals surface area contributed by atoms with Gasteiger partial charge in [-0.2, -0.15) is 0 Å². The number of carbonyl (C=O) groups is 2. The van der Waals surface area contributed by atoms with E-state index in [1.54, 1.807) is 12.1 Å². The van der Waals surface area contributed by atoms with Crippen molar-refractivity contribution in [2.75, 3.05) is 0 Å². The first-order valence-electron chi connectivity index (χ1n) is 10.0. The van der Waals surface area contributed by atoms with Crippen LogP contribution in [0.15, 0.2) is 24.3 Å². The summed E-state index contributed by atoms with van der Waals surface area (Å²) < 4.78 is 0. The van der Waals surface area contributed by atoms with Gasteiger partial charge in [0.15, 0.2) is 5.78 Å². The molecule has 0 fully saturated rings. The minimum atomic E-state index is -0.663. The summed E-state index contributed by atoms with van der Waals surface area (Å²) in [5, 5.41) is 19.1. The molecule has 1 N–H and O–H groups in total. The van der Waals surface area contributed by atoms with Gasteiger partial charge in [0, 0.05) is 18.4 Å². The van der Waals surface area contributed by atoms with Crippen LogP contribution in [0.5, 0.6) is 5.75 Å². The number of carbonyl (C=O) groups excluding carboxylic acids is 1. The van der Waals surface area contributed by atoms with E-state index in [-0.39, 0.29) is 41.1 Å². The first-order chi connectivity index (χ1) is 12.5. The fourth-order valence-corrected chi connectivity index (χ4v) is 2.55. The predicted molar refractivity (Wildman–Crippen MR) is 105 cm³/mol. The van der Waals surface area contributed by atoms with E-state index < -0.39 is 5.97 Å². The molecule has 0 aliphatic rings. The maximum absolute atomic E-state index is 11.5. The van der Waals surface area contributed by atoms with Crippen molar-refractivity contribution in [3.8, 4) is 5.75 Å². The van der Waals surface area contributed by atoms with Crippen LogP contribution in [0.1, 0.15) is 101 Å². The fourth-order valence-electron chi connectivity index (χ4n) is 2.55. The number of hydrogen-bond acceptors (Lipinski definition) is 3. The molecule has 0 bridgehead atoms. The van der Waals surface area contributed by atoms with Gasteiger partial charge in [-0.15, -0.1) is 5.75 Å². The van der Waals surface area contributed by atoms with Crippen LogP contribution < -0.4 is 34.7 Å². The standard InChI is InChI=1S/C12H16O2.C10H20O2.Na/c1-2-3-4-5-12(14)10-6-8-11(13)9-7-10;1-2-3-4-5-6-7-8-9-10(11)12;/h6-9,13H,2-5H2,1H3;2-9H2,1H3,(H,11,12);/q;;+1/p-1. The van der Waals surface area contributed by atoms with Gasteiger partial charge in [0.2, 0.25) is 0 Å². The summed E-state index contributed by atoms with van der Waals surface area (Å²) >= 11 is 0. The van der Waals surface area contributed by atoms with Crippen LogP contribution in [0.25, 0.3) is 0 Å². The van der Waals surface area contributed by atoms with Gasteiger partial charge in [-0.1, -0.05) is 89.5 Å². The molecule has 4 nitrogen and oxygen atoms in total. The Bertz CT molecular complexity index is 486. The second-order valence-electron chi connectivity index (χ2n) is 6.67. The Morgan fingerprint density at radius 2 is 1.22 bits per heavy atom. The SMILES string of the molecule is CCCCCC(=O)c1ccc([O-])cc1.CCCCCCCCCC(=O)O.[Na+]. The van der Waals surface area contributed by atoms with Crippen molar-refractivity contribution in [2.24, 2.45) is 0 Å². The molecule has 0 amide bonds. The summed E-state index contributed by atoms with van der Waals surface area (Å²) in [6.07, 6.45) is 12.4. The van der Waals surface area contributed by atoms with Crippen molar-refractivity contribution >= 4 is 11.8 Å².